The summed E-state index contributed by atoms with van der Waals surface area (Å²) < 4.78 is 0. The summed E-state index contributed by atoms with van der Waals surface area (Å²) in [5, 5.41) is 0.443. The fourth-order valence-electron chi connectivity index (χ4n) is 3.47. The largest absolute Gasteiger partial charge is 0.307 e. The number of hydrogen-bond acceptors (Lipinski definition) is 4. The second-order valence-corrected chi connectivity index (χ2v) is 8.29. The van der Waals surface area contributed by atoms with Crippen LogP contribution in [0.25, 0.3) is 0 Å². The molecule has 1 fully saturated rings. The minimum Gasteiger partial charge on any atom is -0.307 e. The molecule has 3 amide bonds. The van der Waals surface area contributed by atoms with E-state index in [-0.39, 0.29) is 30.6 Å². The van der Waals surface area contributed by atoms with E-state index in [0.717, 1.165) is 17.0 Å². The summed E-state index contributed by atoms with van der Waals surface area (Å²) in [7, 11) is 0. The van der Waals surface area contributed by atoms with E-state index in [4.69, 9.17) is 0 Å². The summed E-state index contributed by atoms with van der Waals surface area (Å²) in [6, 6.07) is 14.7. The van der Waals surface area contributed by atoms with Crippen molar-refractivity contribution >= 4 is 40.9 Å². The van der Waals surface area contributed by atoms with Crippen molar-refractivity contribution in [3.63, 3.8) is 0 Å². The topological polar surface area (TPSA) is 57.7 Å². The third-order valence-electron chi connectivity index (χ3n) is 4.91. The van der Waals surface area contributed by atoms with Gasteiger partial charge in [0, 0.05) is 35.1 Å². The van der Waals surface area contributed by atoms with Gasteiger partial charge in [-0.25, -0.2) is 0 Å². The Labute approximate surface area is 162 Å². The van der Waals surface area contributed by atoms with Crippen LogP contribution in [0.5, 0.6) is 0 Å². The normalized spacial score (nSPS) is 19.8. The summed E-state index contributed by atoms with van der Waals surface area (Å²) in [6.07, 6.45) is 1.42. The summed E-state index contributed by atoms with van der Waals surface area (Å²) in [5.74, 6) is -0.444. The Bertz CT molecular complexity index is 894. The number of para-hydroxylation sites is 1. The molecule has 0 spiro atoms. The van der Waals surface area contributed by atoms with Crippen molar-refractivity contribution in [2.45, 2.75) is 36.3 Å². The van der Waals surface area contributed by atoms with Crippen molar-refractivity contribution in [3.8, 4) is 0 Å². The highest BCUT2D eigenvalue weighted by atomic mass is 32.2. The molecule has 0 bridgehead atoms. The van der Waals surface area contributed by atoms with Crippen LogP contribution in [0, 0.1) is 0 Å². The van der Waals surface area contributed by atoms with Crippen molar-refractivity contribution in [2.24, 2.45) is 0 Å². The van der Waals surface area contributed by atoms with Crippen LogP contribution >= 0.6 is 11.8 Å². The van der Waals surface area contributed by atoms with Gasteiger partial charge in [-0.1, -0.05) is 19.1 Å². The lowest BCUT2D eigenvalue weighted by atomic mass is 10.1. The van der Waals surface area contributed by atoms with Gasteiger partial charge in [0.1, 0.15) is 0 Å². The molecule has 0 N–H and O–H groups in total. The van der Waals surface area contributed by atoms with E-state index >= 15 is 0 Å². The van der Waals surface area contributed by atoms with Gasteiger partial charge in [0.25, 0.3) is 5.91 Å². The van der Waals surface area contributed by atoms with Gasteiger partial charge in [0.2, 0.25) is 11.8 Å². The average Bonchev–Trinajstić information content (AvgIpc) is 2.91. The molecule has 2 aromatic rings. The van der Waals surface area contributed by atoms with Gasteiger partial charge >= 0.3 is 0 Å². The summed E-state index contributed by atoms with van der Waals surface area (Å²) >= 11 is 1.79. The third kappa shape index (κ3) is 3.37. The summed E-state index contributed by atoms with van der Waals surface area (Å²) in [5.41, 5.74) is 2.01. The van der Waals surface area contributed by atoms with Gasteiger partial charge in [0.15, 0.2) is 0 Å². The van der Waals surface area contributed by atoms with Crippen molar-refractivity contribution in [1.29, 1.82) is 0 Å². The first-order chi connectivity index (χ1) is 13.0. The molecule has 0 aliphatic carbocycles. The average molecular weight is 380 g/mol. The molecule has 6 heteroatoms. The summed E-state index contributed by atoms with van der Waals surface area (Å²) in [4.78, 5) is 41.1. The standard InChI is InChI=1S/C21H20N2O3S/c1-14-12-13-22(17-4-2-3-5-18(17)27-14)21(26)15-6-8-16(9-7-15)23-19(24)10-11-20(23)25/h2-9,14H,10-13H2,1H3/t14-/m0/s1. The molecule has 0 unspecified atom stereocenters. The van der Waals surface area contributed by atoms with Crippen molar-refractivity contribution in [2.75, 3.05) is 16.3 Å². The molecule has 4 rings (SSSR count). The molecule has 138 valence electrons. The molecule has 2 aliphatic rings. The zero-order valence-electron chi connectivity index (χ0n) is 15.1. The Morgan fingerprint density at radius 2 is 1.67 bits per heavy atom. The predicted octanol–water partition coefficient (Wildman–Crippen LogP) is 3.87. The molecule has 0 aromatic heterocycles. The molecular weight excluding hydrogens is 360 g/mol. The maximum Gasteiger partial charge on any atom is 0.258 e. The lowest BCUT2D eigenvalue weighted by Gasteiger charge is -2.23. The zero-order chi connectivity index (χ0) is 19.0. The molecule has 1 saturated heterocycles. The van der Waals surface area contributed by atoms with E-state index in [1.54, 1.807) is 36.0 Å². The predicted molar refractivity (Wildman–Crippen MR) is 106 cm³/mol. The second-order valence-electron chi connectivity index (χ2n) is 6.81. The van der Waals surface area contributed by atoms with E-state index in [2.05, 4.69) is 13.0 Å². The minimum absolute atomic E-state index is 0.0669. The van der Waals surface area contributed by atoms with Crippen LogP contribution in [0.1, 0.15) is 36.5 Å². The first kappa shape index (κ1) is 17.8. The molecule has 5 nitrogen and oxygen atoms in total. The Morgan fingerprint density at radius 3 is 2.37 bits per heavy atom. The number of benzene rings is 2. The molecule has 2 aromatic carbocycles. The highest BCUT2D eigenvalue weighted by molar-refractivity contribution is 8.00. The number of nitrogens with zero attached hydrogens (tertiary/aromatic N) is 2. The fourth-order valence-corrected chi connectivity index (χ4v) is 4.58. The smallest absolute Gasteiger partial charge is 0.258 e. The van der Waals surface area contributed by atoms with Crippen LogP contribution in [-0.4, -0.2) is 29.5 Å². The van der Waals surface area contributed by atoms with E-state index in [1.807, 2.05) is 23.1 Å². The number of carbonyl (C=O) groups is 3. The quantitative estimate of drug-likeness (QED) is 0.742. The minimum atomic E-state index is -0.188. The second kappa shape index (κ2) is 7.19. The highest BCUT2D eigenvalue weighted by Crippen LogP contribution is 2.38. The Hall–Kier alpha value is -2.60. The number of imide groups is 1. The molecule has 0 saturated carbocycles. The molecule has 2 heterocycles. The Morgan fingerprint density at radius 1 is 1.00 bits per heavy atom. The Balaban J connectivity index is 1.61. The number of hydrogen-bond donors (Lipinski definition) is 0. The van der Waals surface area contributed by atoms with E-state index in [9.17, 15) is 14.4 Å². The maximum absolute atomic E-state index is 13.2. The number of rotatable bonds is 2. The summed E-state index contributed by atoms with van der Waals surface area (Å²) in [6.45, 7) is 2.84. The van der Waals surface area contributed by atoms with Crippen LogP contribution in [0.4, 0.5) is 11.4 Å². The number of anilines is 2. The van der Waals surface area contributed by atoms with Crippen LogP contribution in [0.15, 0.2) is 53.4 Å². The number of thioether (sulfide) groups is 1. The van der Waals surface area contributed by atoms with Gasteiger partial charge in [-0.2, -0.15) is 0 Å². The van der Waals surface area contributed by atoms with Gasteiger partial charge in [-0.3, -0.25) is 19.3 Å². The molecule has 27 heavy (non-hydrogen) atoms. The fraction of sp³-hybridized carbons (Fsp3) is 0.286. The van der Waals surface area contributed by atoms with Gasteiger partial charge in [-0.05, 0) is 42.8 Å². The van der Waals surface area contributed by atoms with Gasteiger partial charge in [-0.15, -0.1) is 11.8 Å². The number of carbonyl (C=O) groups excluding carboxylic acids is 3. The lowest BCUT2D eigenvalue weighted by Crippen LogP contribution is -2.32. The monoisotopic (exact) mass is 380 g/mol. The van der Waals surface area contributed by atoms with Crippen LogP contribution < -0.4 is 9.80 Å². The molecule has 2 aliphatic heterocycles. The molecular formula is C21H20N2O3S. The van der Waals surface area contributed by atoms with Crippen molar-refractivity contribution < 1.29 is 14.4 Å². The highest BCUT2D eigenvalue weighted by Gasteiger charge is 2.30. The van der Waals surface area contributed by atoms with Gasteiger partial charge < -0.3 is 4.90 Å². The van der Waals surface area contributed by atoms with E-state index in [1.165, 1.54) is 4.90 Å². The van der Waals surface area contributed by atoms with E-state index < -0.39 is 0 Å². The lowest BCUT2D eigenvalue weighted by molar-refractivity contribution is -0.121. The van der Waals surface area contributed by atoms with Crippen LogP contribution in [-0.2, 0) is 9.59 Å². The SMILES string of the molecule is C[C@H]1CCN(C(=O)c2ccc(N3C(=O)CCC3=O)cc2)c2ccccc2S1. The number of amides is 3. The number of fused-ring (bicyclic) bond motifs is 1. The maximum atomic E-state index is 13.2. The van der Waals surface area contributed by atoms with E-state index in [0.29, 0.717) is 23.0 Å². The molecule has 1 atom stereocenters. The first-order valence-electron chi connectivity index (χ1n) is 9.08. The zero-order valence-corrected chi connectivity index (χ0v) is 15.9. The Kier molecular flexibility index (Phi) is 4.74. The molecule has 0 radical (unpaired) electrons. The first-order valence-corrected chi connectivity index (χ1v) is 9.96. The van der Waals surface area contributed by atoms with Gasteiger partial charge in [0.05, 0.1) is 11.4 Å². The van der Waals surface area contributed by atoms with Crippen LogP contribution in [0.2, 0.25) is 0 Å². The van der Waals surface area contributed by atoms with Crippen LogP contribution in [0.3, 0.4) is 0 Å². The third-order valence-corrected chi connectivity index (χ3v) is 6.15. The van der Waals surface area contributed by atoms with Crippen molar-refractivity contribution in [3.05, 3.63) is 54.1 Å². The van der Waals surface area contributed by atoms with Crippen molar-refractivity contribution in [1.82, 2.24) is 0 Å².